The van der Waals surface area contributed by atoms with E-state index in [9.17, 15) is 34.8 Å². The van der Waals surface area contributed by atoms with Gasteiger partial charge in [-0.05, 0) is 66.7 Å². The summed E-state index contributed by atoms with van der Waals surface area (Å²) < 4.78 is 93.6. The summed E-state index contributed by atoms with van der Waals surface area (Å²) in [5, 5.41) is 2.52. The lowest BCUT2D eigenvalue weighted by Crippen LogP contribution is -2.17. The second kappa shape index (κ2) is 10.7. The molecule has 39 heavy (non-hydrogen) atoms. The standard InChI is InChI=1S/C24H18F3N5O5S2/c25-24(26,27)17-5-2-6-19(15-17)31-39(36,37)21-7-1-4-16(14-21)22(33)30-18-8-10-20(11-9-18)38(34,35)32-23-28-12-3-13-29-23/h1-15,31H,(H,30,33)(H,28,29,32). The first-order chi connectivity index (χ1) is 18.3. The zero-order chi connectivity index (χ0) is 28.3. The van der Waals surface area contributed by atoms with Crippen molar-refractivity contribution < 1.29 is 34.8 Å². The third kappa shape index (κ3) is 6.88. The Morgan fingerprint density at radius 1 is 0.692 bits per heavy atom. The fourth-order valence-electron chi connectivity index (χ4n) is 3.23. The molecular formula is C24H18F3N5O5S2. The first-order valence-electron chi connectivity index (χ1n) is 10.8. The van der Waals surface area contributed by atoms with E-state index in [1.165, 1.54) is 60.9 Å². The predicted octanol–water partition coefficient (Wildman–Crippen LogP) is 4.35. The molecule has 0 radical (unpaired) electrons. The van der Waals surface area contributed by atoms with E-state index in [1.807, 2.05) is 0 Å². The second-order valence-electron chi connectivity index (χ2n) is 7.87. The zero-order valence-corrected chi connectivity index (χ0v) is 21.2. The highest BCUT2D eigenvalue weighted by Gasteiger charge is 2.30. The van der Waals surface area contributed by atoms with Gasteiger partial charge in [0.25, 0.3) is 26.0 Å². The largest absolute Gasteiger partial charge is 0.416 e. The maximum atomic E-state index is 13.0. The number of hydrogen-bond acceptors (Lipinski definition) is 7. The van der Waals surface area contributed by atoms with Gasteiger partial charge in [-0.2, -0.15) is 13.2 Å². The summed E-state index contributed by atoms with van der Waals surface area (Å²) in [5.41, 5.74) is -1.19. The predicted molar refractivity (Wildman–Crippen MR) is 136 cm³/mol. The Morgan fingerprint density at radius 2 is 1.33 bits per heavy atom. The van der Waals surface area contributed by atoms with Crippen molar-refractivity contribution in [2.45, 2.75) is 16.0 Å². The number of carbonyl (C=O) groups is 1. The molecule has 0 saturated carbocycles. The van der Waals surface area contributed by atoms with Crippen molar-refractivity contribution in [2.75, 3.05) is 14.8 Å². The third-order valence-corrected chi connectivity index (χ3v) is 7.79. The lowest BCUT2D eigenvalue weighted by atomic mass is 10.2. The van der Waals surface area contributed by atoms with E-state index in [0.717, 1.165) is 24.3 Å². The number of benzene rings is 3. The zero-order valence-electron chi connectivity index (χ0n) is 19.5. The van der Waals surface area contributed by atoms with Crippen LogP contribution >= 0.6 is 0 Å². The van der Waals surface area contributed by atoms with Crippen LogP contribution in [-0.2, 0) is 26.2 Å². The van der Waals surface area contributed by atoms with Crippen molar-refractivity contribution in [1.82, 2.24) is 9.97 Å². The first kappa shape index (κ1) is 27.5. The summed E-state index contributed by atoms with van der Waals surface area (Å²) in [7, 11) is -8.33. The summed E-state index contributed by atoms with van der Waals surface area (Å²) in [5.74, 6) is -0.829. The molecule has 0 unspecified atom stereocenters. The van der Waals surface area contributed by atoms with E-state index in [4.69, 9.17) is 0 Å². The van der Waals surface area contributed by atoms with Crippen molar-refractivity contribution in [3.8, 4) is 0 Å². The number of alkyl halides is 3. The number of amides is 1. The fourth-order valence-corrected chi connectivity index (χ4v) is 5.28. The monoisotopic (exact) mass is 577 g/mol. The lowest BCUT2D eigenvalue weighted by molar-refractivity contribution is -0.137. The molecule has 1 amide bonds. The minimum absolute atomic E-state index is 0.0680. The molecule has 0 spiro atoms. The van der Waals surface area contributed by atoms with Gasteiger partial charge in [0.15, 0.2) is 0 Å². The summed E-state index contributed by atoms with van der Waals surface area (Å²) in [6.07, 6.45) is -1.93. The molecule has 3 aromatic carbocycles. The lowest BCUT2D eigenvalue weighted by Gasteiger charge is -2.12. The highest BCUT2D eigenvalue weighted by atomic mass is 32.2. The molecule has 0 saturated heterocycles. The Bertz CT molecular complexity index is 1720. The highest BCUT2D eigenvalue weighted by Crippen LogP contribution is 2.31. The van der Waals surface area contributed by atoms with Gasteiger partial charge in [-0.25, -0.2) is 31.5 Å². The van der Waals surface area contributed by atoms with Gasteiger partial charge in [0.05, 0.1) is 15.4 Å². The number of halogens is 3. The van der Waals surface area contributed by atoms with Gasteiger partial charge < -0.3 is 5.32 Å². The molecule has 0 aliphatic heterocycles. The van der Waals surface area contributed by atoms with Crippen LogP contribution in [0, 0.1) is 0 Å². The normalized spacial score (nSPS) is 12.0. The average molecular weight is 578 g/mol. The summed E-state index contributed by atoms with van der Waals surface area (Å²) in [4.78, 5) is 19.8. The Kier molecular flexibility index (Phi) is 7.56. The minimum atomic E-state index is -4.66. The van der Waals surface area contributed by atoms with E-state index in [2.05, 4.69) is 24.7 Å². The molecule has 4 rings (SSSR count). The van der Waals surface area contributed by atoms with Gasteiger partial charge in [0.1, 0.15) is 0 Å². The van der Waals surface area contributed by atoms with Gasteiger partial charge in [0.2, 0.25) is 5.95 Å². The average Bonchev–Trinajstić information content (AvgIpc) is 2.89. The fraction of sp³-hybridized carbons (Fsp3) is 0.0417. The maximum absolute atomic E-state index is 13.0. The Morgan fingerprint density at radius 3 is 2.00 bits per heavy atom. The van der Waals surface area contributed by atoms with Crippen LogP contribution in [-0.4, -0.2) is 32.7 Å². The van der Waals surface area contributed by atoms with E-state index >= 15 is 0 Å². The highest BCUT2D eigenvalue weighted by molar-refractivity contribution is 7.93. The van der Waals surface area contributed by atoms with E-state index in [1.54, 1.807) is 0 Å². The van der Waals surface area contributed by atoms with Crippen molar-refractivity contribution >= 4 is 43.3 Å². The van der Waals surface area contributed by atoms with Crippen LogP contribution in [0.3, 0.4) is 0 Å². The molecule has 1 aromatic heterocycles. The van der Waals surface area contributed by atoms with Crippen molar-refractivity contribution in [3.05, 3.63) is 102 Å². The summed E-state index contributed by atoms with van der Waals surface area (Å²) in [6.45, 7) is 0. The molecule has 0 aliphatic carbocycles. The number of anilines is 3. The van der Waals surface area contributed by atoms with E-state index < -0.39 is 37.7 Å². The van der Waals surface area contributed by atoms with E-state index in [0.29, 0.717) is 6.07 Å². The number of nitrogens with zero attached hydrogens (tertiary/aromatic N) is 2. The van der Waals surface area contributed by atoms with Gasteiger partial charge in [0, 0.05) is 29.3 Å². The topological polar surface area (TPSA) is 147 Å². The molecule has 0 atom stereocenters. The smallest absolute Gasteiger partial charge is 0.322 e. The van der Waals surface area contributed by atoms with Crippen LogP contribution in [0.1, 0.15) is 15.9 Å². The first-order valence-corrected chi connectivity index (χ1v) is 13.8. The van der Waals surface area contributed by atoms with Crippen LogP contribution in [0.25, 0.3) is 0 Å². The molecular weight excluding hydrogens is 559 g/mol. The van der Waals surface area contributed by atoms with Gasteiger partial charge in [-0.3, -0.25) is 9.52 Å². The Labute approximate surface area is 221 Å². The van der Waals surface area contributed by atoms with Gasteiger partial charge in [-0.15, -0.1) is 0 Å². The van der Waals surface area contributed by atoms with Crippen LogP contribution in [0.4, 0.5) is 30.5 Å². The molecule has 4 aromatic rings. The Hall–Kier alpha value is -4.50. The number of nitrogens with one attached hydrogen (secondary N) is 3. The number of sulfonamides is 2. The van der Waals surface area contributed by atoms with Crippen LogP contribution in [0.2, 0.25) is 0 Å². The molecule has 0 aliphatic rings. The van der Waals surface area contributed by atoms with E-state index in [-0.39, 0.29) is 32.7 Å². The number of aromatic nitrogens is 2. The summed E-state index contributed by atoms with van der Waals surface area (Å²) >= 11 is 0. The van der Waals surface area contributed by atoms with Gasteiger partial charge in [-0.1, -0.05) is 12.1 Å². The molecule has 1 heterocycles. The van der Waals surface area contributed by atoms with Crippen molar-refractivity contribution in [3.63, 3.8) is 0 Å². The molecule has 10 nitrogen and oxygen atoms in total. The number of rotatable bonds is 8. The van der Waals surface area contributed by atoms with Crippen molar-refractivity contribution in [1.29, 1.82) is 0 Å². The third-order valence-electron chi connectivity index (χ3n) is 5.06. The SMILES string of the molecule is O=C(Nc1ccc(S(=O)(=O)Nc2ncccn2)cc1)c1cccc(S(=O)(=O)Nc2cccc(C(F)(F)F)c2)c1. The molecule has 202 valence electrons. The van der Waals surface area contributed by atoms with Crippen LogP contribution < -0.4 is 14.8 Å². The van der Waals surface area contributed by atoms with Crippen molar-refractivity contribution in [2.24, 2.45) is 0 Å². The molecule has 0 bridgehead atoms. The summed E-state index contributed by atoms with van der Waals surface area (Å²) in [6, 6.07) is 15.2. The molecule has 15 heteroatoms. The minimum Gasteiger partial charge on any atom is -0.322 e. The molecule has 3 N–H and O–H groups in total. The molecule has 0 fully saturated rings. The van der Waals surface area contributed by atoms with Gasteiger partial charge >= 0.3 is 6.18 Å². The second-order valence-corrected chi connectivity index (χ2v) is 11.2. The maximum Gasteiger partial charge on any atom is 0.416 e. The van der Waals surface area contributed by atoms with Crippen LogP contribution in [0.15, 0.2) is 101 Å². The quantitative estimate of drug-likeness (QED) is 0.282. The number of hydrogen-bond donors (Lipinski definition) is 3. The Balaban J connectivity index is 1.47. The van der Waals surface area contributed by atoms with Crippen LogP contribution in [0.5, 0.6) is 0 Å². The number of carbonyl (C=O) groups excluding carboxylic acids is 1.